The van der Waals surface area contributed by atoms with E-state index in [9.17, 15) is 9.59 Å². The number of aliphatic carboxylic acids is 1. The van der Waals surface area contributed by atoms with Gasteiger partial charge in [-0.3, -0.25) is 9.59 Å². The Morgan fingerprint density at radius 2 is 1.13 bits per heavy atom. The van der Waals surface area contributed by atoms with Gasteiger partial charge in [-0.1, -0.05) is 91.4 Å². The number of esters is 1. The van der Waals surface area contributed by atoms with Gasteiger partial charge in [-0.05, 0) is 44.4 Å². The van der Waals surface area contributed by atoms with Gasteiger partial charge in [0.2, 0.25) is 0 Å². The summed E-state index contributed by atoms with van der Waals surface area (Å²) in [5.41, 5.74) is 0. The molecule has 1 atom stereocenters. The van der Waals surface area contributed by atoms with Crippen LogP contribution in [0.4, 0.5) is 0 Å². The van der Waals surface area contributed by atoms with Crippen LogP contribution in [-0.4, -0.2) is 23.1 Å². The van der Waals surface area contributed by atoms with Gasteiger partial charge in [0, 0.05) is 12.8 Å². The van der Waals surface area contributed by atoms with Crippen molar-refractivity contribution < 1.29 is 19.4 Å². The maximum absolute atomic E-state index is 12.2. The van der Waals surface area contributed by atoms with E-state index in [0.717, 1.165) is 31.6 Å². The molecule has 0 spiro atoms. The molecule has 0 heterocycles. The molecule has 1 N–H and O–H groups in total. The van der Waals surface area contributed by atoms with E-state index >= 15 is 0 Å². The first-order chi connectivity index (χ1) is 14.5. The van der Waals surface area contributed by atoms with Crippen LogP contribution in [0.1, 0.15) is 143 Å². The lowest BCUT2D eigenvalue weighted by atomic mass is 10.0. The number of carboxylic acids is 1. The molecule has 0 aromatic carbocycles. The third kappa shape index (κ3) is 21.6. The monoisotopic (exact) mass is 426 g/mol. The van der Waals surface area contributed by atoms with E-state index in [0.29, 0.717) is 19.3 Å². The number of carbonyl (C=O) groups is 2. The molecular weight excluding hydrogens is 376 g/mol. The summed E-state index contributed by atoms with van der Waals surface area (Å²) in [4.78, 5) is 22.8. The van der Waals surface area contributed by atoms with E-state index in [1.54, 1.807) is 0 Å². The van der Waals surface area contributed by atoms with Gasteiger partial charge in [0.15, 0.2) is 0 Å². The number of rotatable bonds is 22. The summed E-state index contributed by atoms with van der Waals surface area (Å²) in [7, 11) is 0. The summed E-state index contributed by atoms with van der Waals surface area (Å²) in [6, 6.07) is 0. The van der Waals surface area contributed by atoms with Crippen molar-refractivity contribution in [2.75, 3.05) is 0 Å². The first kappa shape index (κ1) is 28.9. The SMILES string of the molecule is CCCCCCCCCCC(CCCCCCC(C)C)OC(=O)CCCCC(=O)O. The molecule has 0 bridgehead atoms. The fraction of sp³-hybridized carbons (Fsp3) is 0.923. The molecule has 4 nitrogen and oxygen atoms in total. The molecule has 0 amide bonds. The molecule has 0 aliphatic rings. The Kier molecular flexibility index (Phi) is 20.4. The summed E-state index contributed by atoms with van der Waals surface area (Å²) in [5, 5.41) is 8.70. The van der Waals surface area contributed by atoms with Crippen molar-refractivity contribution in [1.82, 2.24) is 0 Å². The van der Waals surface area contributed by atoms with Crippen molar-refractivity contribution in [1.29, 1.82) is 0 Å². The normalized spacial score (nSPS) is 12.3. The smallest absolute Gasteiger partial charge is 0.306 e. The molecule has 0 saturated heterocycles. The molecule has 0 radical (unpaired) electrons. The van der Waals surface area contributed by atoms with Gasteiger partial charge in [0.1, 0.15) is 6.10 Å². The molecule has 0 aromatic heterocycles. The molecule has 4 heteroatoms. The van der Waals surface area contributed by atoms with Crippen LogP contribution in [0.15, 0.2) is 0 Å². The van der Waals surface area contributed by atoms with Crippen molar-refractivity contribution in [3.8, 4) is 0 Å². The predicted octanol–water partition coefficient (Wildman–Crippen LogP) is 8.07. The Bertz CT molecular complexity index is 406. The first-order valence-electron chi connectivity index (χ1n) is 12.9. The van der Waals surface area contributed by atoms with Crippen LogP contribution in [0, 0.1) is 5.92 Å². The lowest BCUT2D eigenvalue weighted by Gasteiger charge is -2.18. The Labute approximate surface area is 186 Å². The predicted molar refractivity (Wildman–Crippen MR) is 126 cm³/mol. The molecule has 0 aliphatic carbocycles. The van der Waals surface area contributed by atoms with E-state index in [-0.39, 0.29) is 18.5 Å². The minimum absolute atomic E-state index is 0.0437. The zero-order chi connectivity index (χ0) is 22.5. The summed E-state index contributed by atoms with van der Waals surface area (Å²) < 4.78 is 5.78. The number of hydrogen-bond acceptors (Lipinski definition) is 3. The molecule has 1 unspecified atom stereocenters. The van der Waals surface area contributed by atoms with Crippen molar-refractivity contribution in [2.45, 2.75) is 149 Å². The fourth-order valence-corrected chi connectivity index (χ4v) is 3.84. The zero-order valence-corrected chi connectivity index (χ0v) is 20.3. The van der Waals surface area contributed by atoms with Crippen molar-refractivity contribution in [3.05, 3.63) is 0 Å². The van der Waals surface area contributed by atoms with E-state index < -0.39 is 5.97 Å². The third-order valence-corrected chi connectivity index (χ3v) is 5.76. The Balaban J connectivity index is 4.08. The van der Waals surface area contributed by atoms with Crippen LogP contribution in [0.3, 0.4) is 0 Å². The number of unbranched alkanes of at least 4 members (excludes halogenated alkanes) is 11. The van der Waals surface area contributed by atoms with Crippen LogP contribution in [0.5, 0.6) is 0 Å². The van der Waals surface area contributed by atoms with E-state index in [1.807, 2.05) is 0 Å². The quantitative estimate of drug-likeness (QED) is 0.140. The fourth-order valence-electron chi connectivity index (χ4n) is 3.84. The lowest BCUT2D eigenvalue weighted by Crippen LogP contribution is -2.18. The highest BCUT2D eigenvalue weighted by atomic mass is 16.5. The highest BCUT2D eigenvalue weighted by Gasteiger charge is 2.14. The van der Waals surface area contributed by atoms with Gasteiger partial charge in [-0.2, -0.15) is 0 Å². The maximum Gasteiger partial charge on any atom is 0.306 e. The topological polar surface area (TPSA) is 63.6 Å². The second-order valence-corrected chi connectivity index (χ2v) is 9.36. The van der Waals surface area contributed by atoms with Gasteiger partial charge >= 0.3 is 11.9 Å². The van der Waals surface area contributed by atoms with Crippen LogP contribution in [0.25, 0.3) is 0 Å². The van der Waals surface area contributed by atoms with E-state index in [4.69, 9.17) is 9.84 Å². The second kappa shape index (κ2) is 21.2. The first-order valence-corrected chi connectivity index (χ1v) is 12.9. The van der Waals surface area contributed by atoms with Gasteiger partial charge < -0.3 is 9.84 Å². The van der Waals surface area contributed by atoms with Gasteiger partial charge in [0.05, 0.1) is 0 Å². The van der Waals surface area contributed by atoms with Gasteiger partial charge in [0.25, 0.3) is 0 Å². The molecule has 0 fully saturated rings. The zero-order valence-electron chi connectivity index (χ0n) is 20.3. The summed E-state index contributed by atoms with van der Waals surface area (Å²) in [6.45, 7) is 6.80. The third-order valence-electron chi connectivity index (χ3n) is 5.76. The standard InChI is InChI=1S/C26H50O4/c1-4-5-6-7-8-9-10-14-19-24(20-15-12-11-13-18-23(2)3)30-26(29)22-17-16-21-25(27)28/h23-24H,4-22H2,1-3H3,(H,27,28). The van der Waals surface area contributed by atoms with E-state index in [1.165, 1.54) is 70.6 Å². The Morgan fingerprint density at radius 1 is 0.667 bits per heavy atom. The maximum atomic E-state index is 12.2. The van der Waals surface area contributed by atoms with Crippen LogP contribution < -0.4 is 0 Å². The van der Waals surface area contributed by atoms with E-state index in [2.05, 4.69) is 20.8 Å². The number of carboxylic acid groups (broad SMARTS) is 1. The van der Waals surface area contributed by atoms with Crippen molar-refractivity contribution in [2.24, 2.45) is 5.92 Å². The average Bonchev–Trinajstić information content (AvgIpc) is 2.69. The molecule has 178 valence electrons. The highest BCUT2D eigenvalue weighted by molar-refractivity contribution is 5.70. The number of carbonyl (C=O) groups excluding carboxylic acids is 1. The molecule has 0 rings (SSSR count). The molecule has 0 aromatic rings. The van der Waals surface area contributed by atoms with Crippen molar-refractivity contribution in [3.63, 3.8) is 0 Å². The summed E-state index contributed by atoms with van der Waals surface area (Å²) in [5.74, 6) is -0.167. The molecule has 0 saturated carbocycles. The summed E-state index contributed by atoms with van der Waals surface area (Å²) >= 11 is 0. The van der Waals surface area contributed by atoms with Crippen LogP contribution in [0.2, 0.25) is 0 Å². The largest absolute Gasteiger partial charge is 0.481 e. The second-order valence-electron chi connectivity index (χ2n) is 9.36. The van der Waals surface area contributed by atoms with Crippen molar-refractivity contribution >= 4 is 11.9 Å². The average molecular weight is 427 g/mol. The van der Waals surface area contributed by atoms with Crippen LogP contribution >= 0.6 is 0 Å². The highest BCUT2D eigenvalue weighted by Crippen LogP contribution is 2.18. The molecular formula is C26H50O4. The Hall–Kier alpha value is -1.06. The number of hydrogen-bond donors (Lipinski definition) is 1. The minimum Gasteiger partial charge on any atom is -0.481 e. The van der Waals surface area contributed by atoms with Gasteiger partial charge in [-0.25, -0.2) is 0 Å². The Morgan fingerprint density at radius 3 is 1.63 bits per heavy atom. The molecule has 30 heavy (non-hydrogen) atoms. The lowest BCUT2D eigenvalue weighted by molar-refractivity contribution is -0.150. The minimum atomic E-state index is -0.798. The van der Waals surface area contributed by atoms with Gasteiger partial charge in [-0.15, -0.1) is 0 Å². The number of ether oxygens (including phenoxy) is 1. The summed E-state index contributed by atoms with van der Waals surface area (Å²) in [6.07, 6.45) is 20.1. The van der Waals surface area contributed by atoms with Crippen LogP contribution in [-0.2, 0) is 14.3 Å². The molecule has 0 aliphatic heterocycles.